The van der Waals surface area contributed by atoms with Crippen molar-refractivity contribution in [3.63, 3.8) is 0 Å². The Labute approximate surface area is 171 Å². The lowest BCUT2D eigenvalue weighted by atomic mass is 10.2. The van der Waals surface area contributed by atoms with Gasteiger partial charge in [0.15, 0.2) is 0 Å². The number of sulfonamides is 1. The van der Waals surface area contributed by atoms with Gasteiger partial charge in [-0.15, -0.1) is 0 Å². The molecule has 0 bridgehead atoms. The molecule has 7 nitrogen and oxygen atoms in total. The Hall–Kier alpha value is -2.07. The average Bonchev–Trinajstić information content (AvgIpc) is 2.63. The molecular weight excluding hydrogens is 431 g/mol. The van der Waals surface area contributed by atoms with Crippen molar-refractivity contribution < 1.29 is 13.2 Å². The number of hydrogen-bond acceptors (Lipinski definition) is 7. The Balaban J connectivity index is 1.86. The van der Waals surface area contributed by atoms with Gasteiger partial charge in [-0.1, -0.05) is 47.6 Å². The molecule has 0 atom stereocenters. The molecule has 1 aliphatic carbocycles. The van der Waals surface area contributed by atoms with E-state index in [0.29, 0.717) is 5.69 Å². The van der Waals surface area contributed by atoms with E-state index in [1.807, 2.05) is 0 Å². The quantitative estimate of drug-likeness (QED) is 0.682. The van der Waals surface area contributed by atoms with Crippen molar-refractivity contribution in [1.29, 1.82) is 0 Å². The summed E-state index contributed by atoms with van der Waals surface area (Å²) in [5.74, 6) is -0.203. The van der Waals surface area contributed by atoms with Gasteiger partial charge in [-0.3, -0.25) is 9.71 Å². The molecule has 0 unspecified atom stereocenters. The first kappa shape index (κ1) is 19.7. The second-order valence-corrected chi connectivity index (χ2v) is 8.25. The van der Waals surface area contributed by atoms with E-state index in [2.05, 4.69) is 19.7 Å². The number of hydrogen-bond donors (Lipinski definition) is 1. The number of thiocarbonyl (C=S) groups is 1. The normalized spacial score (nSPS) is 14.4. The maximum atomic E-state index is 12.7. The predicted molar refractivity (Wildman–Crippen MR) is 107 cm³/mol. The van der Waals surface area contributed by atoms with Crippen LogP contribution in [0.25, 0.3) is 0 Å². The van der Waals surface area contributed by atoms with Gasteiger partial charge >= 0.3 is 0 Å². The molecule has 2 aromatic heterocycles. The van der Waals surface area contributed by atoms with Crippen LogP contribution >= 0.6 is 35.4 Å². The molecule has 0 aliphatic heterocycles. The summed E-state index contributed by atoms with van der Waals surface area (Å²) in [4.78, 5) is 12.2. The fourth-order valence-electron chi connectivity index (χ4n) is 2.12. The number of ether oxygens (including phenoxy) is 1. The molecule has 0 spiro atoms. The van der Waals surface area contributed by atoms with Crippen LogP contribution in [0, 0.1) is 0 Å². The molecule has 0 aromatic carbocycles. The molecule has 0 saturated carbocycles. The highest BCUT2D eigenvalue weighted by Crippen LogP contribution is 2.28. The molecule has 27 heavy (non-hydrogen) atoms. The van der Waals surface area contributed by atoms with Crippen molar-refractivity contribution in [2.24, 2.45) is 0 Å². The number of aromatic nitrogens is 3. The van der Waals surface area contributed by atoms with Crippen LogP contribution < -0.4 is 9.46 Å². The lowest BCUT2D eigenvalue weighted by Crippen LogP contribution is -2.22. The summed E-state index contributed by atoms with van der Waals surface area (Å²) >= 11 is 16.9. The first-order valence-corrected chi connectivity index (χ1v) is 10.2. The summed E-state index contributed by atoms with van der Waals surface area (Å²) < 4.78 is 33.3. The summed E-state index contributed by atoms with van der Waals surface area (Å²) in [6.45, 7) is 0.0710. The average molecular weight is 443 g/mol. The smallest absolute Gasteiger partial charge is 0.264 e. The maximum absolute atomic E-state index is 12.7. The molecule has 3 rings (SSSR count). The van der Waals surface area contributed by atoms with Gasteiger partial charge in [0.1, 0.15) is 16.7 Å². The van der Waals surface area contributed by atoms with Gasteiger partial charge in [0.2, 0.25) is 5.82 Å². The molecule has 140 valence electrons. The molecule has 0 fully saturated rings. The lowest BCUT2D eigenvalue weighted by Gasteiger charge is -2.15. The first-order valence-electron chi connectivity index (χ1n) is 7.54. The van der Waals surface area contributed by atoms with E-state index in [-0.39, 0.29) is 44.7 Å². The zero-order chi connectivity index (χ0) is 19.4. The number of rotatable bonds is 6. The van der Waals surface area contributed by atoms with Crippen molar-refractivity contribution in [3.05, 3.63) is 63.5 Å². The standard InChI is InChI=1S/C16H12Cl2N4O3S2/c17-10-4-5-12(26)13(7-10)27(23,24)22-15-16(20-8-14(18)21-15)25-9-11-3-1-2-6-19-11/h1-4,6-8H,5,9H2,(H,21,22). The Morgan fingerprint density at radius 1 is 1.26 bits per heavy atom. The van der Waals surface area contributed by atoms with Gasteiger partial charge in [0.25, 0.3) is 15.9 Å². The largest absolute Gasteiger partial charge is 0.469 e. The minimum atomic E-state index is -4.05. The summed E-state index contributed by atoms with van der Waals surface area (Å²) in [5, 5.41) is 0.281. The Morgan fingerprint density at radius 3 is 2.81 bits per heavy atom. The van der Waals surface area contributed by atoms with Gasteiger partial charge in [-0.2, -0.15) is 0 Å². The first-order chi connectivity index (χ1) is 12.8. The molecule has 0 radical (unpaired) electrons. The zero-order valence-electron chi connectivity index (χ0n) is 13.6. The third kappa shape index (κ3) is 5.01. The summed E-state index contributed by atoms with van der Waals surface area (Å²) in [6.07, 6.45) is 6.03. The maximum Gasteiger partial charge on any atom is 0.264 e. The van der Waals surface area contributed by atoms with Crippen LogP contribution in [0.4, 0.5) is 5.82 Å². The predicted octanol–water partition coefficient (Wildman–Crippen LogP) is 3.63. The fourth-order valence-corrected chi connectivity index (χ4v) is 4.14. The van der Waals surface area contributed by atoms with Crippen LogP contribution in [0.2, 0.25) is 5.15 Å². The molecule has 0 saturated heterocycles. The van der Waals surface area contributed by atoms with Gasteiger partial charge in [0, 0.05) is 22.5 Å². The lowest BCUT2D eigenvalue weighted by molar-refractivity contribution is 0.290. The second kappa shape index (κ2) is 8.30. The molecule has 2 heterocycles. The molecular formula is C16H12Cl2N4O3S2. The highest BCUT2D eigenvalue weighted by atomic mass is 35.5. The van der Waals surface area contributed by atoms with E-state index in [4.69, 9.17) is 40.2 Å². The van der Waals surface area contributed by atoms with Gasteiger partial charge in [0.05, 0.1) is 11.9 Å². The van der Waals surface area contributed by atoms with E-state index >= 15 is 0 Å². The zero-order valence-corrected chi connectivity index (χ0v) is 16.7. The Bertz CT molecular complexity index is 1040. The van der Waals surface area contributed by atoms with E-state index in [0.717, 1.165) is 0 Å². The second-order valence-electron chi connectivity index (χ2n) is 5.29. The topological polar surface area (TPSA) is 94.1 Å². The van der Waals surface area contributed by atoms with E-state index in [1.165, 1.54) is 12.3 Å². The molecule has 0 amide bonds. The number of nitrogens with one attached hydrogen (secondary N) is 1. The van der Waals surface area contributed by atoms with Crippen LogP contribution in [0.5, 0.6) is 5.88 Å². The van der Waals surface area contributed by atoms with Gasteiger partial charge in [-0.25, -0.2) is 18.4 Å². The van der Waals surface area contributed by atoms with Gasteiger partial charge in [-0.05, 0) is 18.2 Å². The summed E-state index contributed by atoms with van der Waals surface area (Å²) in [7, 11) is -4.05. The summed E-state index contributed by atoms with van der Waals surface area (Å²) in [5.41, 5.74) is 0.635. The number of halogens is 2. The van der Waals surface area contributed by atoms with Crippen molar-refractivity contribution in [2.45, 2.75) is 13.0 Å². The minimum absolute atomic E-state index is 0.00369. The molecule has 1 N–H and O–H groups in total. The van der Waals surface area contributed by atoms with E-state index in [9.17, 15) is 8.42 Å². The third-order valence-corrected chi connectivity index (χ3v) is 5.71. The van der Waals surface area contributed by atoms with Crippen LogP contribution in [0.1, 0.15) is 12.1 Å². The highest BCUT2D eigenvalue weighted by molar-refractivity contribution is 7.99. The minimum Gasteiger partial charge on any atom is -0.469 e. The number of anilines is 1. The van der Waals surface area contributed by atoms with Gasteiger partial charge < -0.3 is 4.74 Å². The monoisotopic (exact) mass is 442 g/mol. The van der Waals surface area contributed by atoms with E-state index in [1.54, 1.807) is 30.5 Å². The highest BCUT2D eigenvalue weighted by Gasteiger charge is 2.26. The van der Waals surface area contributed by atoms with Crippen LogP contribution in [0.15, 0.2) is 52.7 Å². The van der Waals surface area contributed by atoms with Crippen LogP contribution in [0.3, 0.4) is 0 Å². The number of allylic oxidation sites excluding steroid dienone is 4. The molecule has 2 aromatic rings. The van der Waals surface area contributed by atoms with Crippen LogP contribution in [-0.2, 0) is 16.6 Å². The van der Waals surface area contributed by atoms with Crippen molar-refractivity contribution in [3.8, 4) is 5.88 Å². The SMILES string of the molecule is O=S(=O)(Nc1nc(Cl)cnc1OCc1ccccn1)C1=CC(Cl)=CCC1=S. The number of pyridine rings is 1. The third-order valence-electron chi connectivity index (χ3n) is 3.34. The van der Waals surface area contributed by atoms with Crippen molar-refractivity contribution in [2.75, 3.05) is 4.72 Å². The molecule has 11 heteroatoms. The number of nitrogens with zero attached hydrogens (tertiary/aromatic N) is 3. The summed E-state index contributed by atoms with van der Waals surface area (Å²) in [6, 6.07) is 5.33. The Morgan fingerprint density at radius 2 is 2.07 bits per heavy atom. The Kier molecular flexibility index (Phi) is 6.05. The van der Waals surface area contributed by atoms with Crippen molar-refractivity contribution >= 4 is 56.1 Å². The molecule has 1 aliphatic rings. The van der Waals surface area contributed by atoms with Crippen LogP contribution in [-0.4, -0.2) is 28.2 Å². The van der Waals surface area contributed by atoms with Crippen molar-refractivity contribution in [1.82, 2.24) is 15.0 Å². The van der Waals surface area contributed by atoms with E-state index < -0.39 is 10.0 Å². The fraction of sp³-hybridized carbons (Fsp3) is 0.125.